The normalized spacial score (nSPS) is 14.9. The van der Waals surface area contributed by atoms with Gasteiger partial charge in [-0.1, -0.05) is 22.0 Å². The van der Waals surface area contributed by atoms with Crippen molar-refractivity contribution in [2.24, 2.45) is 5.73 Å². The number of benzene rings is 1. The van der Waals surface area contributed by atoms with Gasteiger partial charge in [0.1, 0.15) is 5.82 Å². The predicted molar refractivity (Wildman–Crippen MR) is 64.5 cm³/mol. The highest BCUT2D eigenvalue weighted by atomic mass is 79.9. The number of hydrogen-bond donors (Lipinski definition) is 1. The Morgan fingerprint density at radius 1 is 1.60 bits per heavy atom. The summed E-state index contributed by atoms with van der Waals surface area (Å²) in [6.45, 7) is 1.79. The van der Waals surface area contributed by atoms with Gasteiger partial charge >= 0.3 is 0 Å². The van der Waals surface area contributed by atoms with E-state index in [1.165, 1.54) is 6.07 Å². The summed E-state index contributed by atoms with van der Waals surface area (Å²) in [5.74, 6) is 0.290. The fourth-order valence-electron chi connectivity index (χ4n) is 1.16. The van der Waals surface area contributed by atoms with Crippen LogP contribution >= 0.6 is 15.9 Å². The van der Waals surface area contributed by atoms with Crippen LogP contribution in [0.25, 0.3) is 0 Å². The van der Waals surface area contributed by atoms with Crippen molar-refractivity contribution in [1.29, 1.82) is 0 Å². The summed E-state index contributed by atoms with van der Waals surface area (Å²) in [4.78, 5) is 0. The molecule has 2 N–H and O–H groups in total. The molecule has 0 amide bonds. The molecular weight excluding hydrogens is 281 g/mol. The summed E-state index contributed by atoms with van der Waals surface area (Å²) in [6.07, 6.45) is 0. The molecule has 1 rings (SSSR count). The third-order valence-corrected chi connectivity index (χ3v) is 3.80. The van der Waals surface area contributed by atoms with E-state index < -0.39 is 10.8 Å². The molecule has 5 heteroatoms. The molecule has 0 saturated heterocycles. The van der Waals surface area contributed by atoms with E-state index in [2.05, 4.69) is 15.9 Å². The van der Waals surface area contributed by atoms with E-state index in [0.717, 1.165) is 0 Å². The highest BCUT2D eigenvalue weighted by molar-refractivity contribution is 9.10. The molecule has 0 aliphatic heterocycles. The largest absolute Gasteiger partial charge is 0.327 e. The van der Waals surface area contributed by atoms with Crippen LogP contribution in [0.5, 0.6) is 0 Å². The molecule has 0 bridgehead atoms. The molecule has 84 valence electrons. The van der Waals surface area contributed by atoms with Gasteiger partial charge < -0.3 is 5.73 Å². The van der Waals surface area contributed by atoms with Gasteiger partial charge in [-0.15, -0.1) is 0 Å². The maximum Gasteiger partial charge on any atom is 0.128 e. The van der Waals surface area contributed by atoms with Crippen LogP contribution in [-0.4, -0.2) is 16.0 Å². The SMILES string of the molecule is CC(N)CS(=O)Cc1ccc(Br)cc1F. The molecule has 0 saturated carbocycles. The van der Waals surface area contributed by atoms with Gasteiger partial charge in [0.25, 0.3) is 0 Å². The summed E-state index contributed by atoms with van der Waals surface area (Å²) >= 11 is 3.17. The Kier molecular flexibility index (Phi) is 4.89. The van der Waals surface area contributed by atoms with E-state index in [1.807, 2.05) is 0 Å². The summed E-state index contributed by atoms with van der Waals surface area (Å²) in [5.41, 5.74) is 5.98. The third kappa shape index (κ3) is 4.40. The van der Waals surface area contributed by atoms with Gasteiger partial charge in [0.15, 0.2) is 0 Å². The summed E-state index contributed by atoms with van der Waals surface area (Å²) < 4.78 is 25.5. The third-order valence-electron chi connectivity index (χ3n) is 1.78. The molecular formula is C10H13BrFNOS. The lowest BCUT2D eigenvalue weighted by molar-refractivity contribution is 0.614. The number of nitrogens with two attached hydrogens (primary N) is 1. The van der Waals surface area contributed by atoms with Crippen LogP contribution in [0.2, 0.25) is 0 Å². The van der Waals surface area contributed by atoms with Crippen LogP contribution in [0.1, 0.15) is 12.5 Å². The smallest absolute Gasteiger partial charge is 0.128 e. The van der Waals surface area contributed by atoms with Crippen LogP contribution in [-0.2, 0) is 16.6 Å². The van der Waals surface area contributed by atoms with Crippen molar-refractivity contribution < 1.29 is 8.60 Å². The Bertz CT molecular complexity index is 370. The van der Waals surface area contributed by atoms with Gasteiger partial charge in [-0.2, -0.15) is 0 Å². The zero-order valence-electron chi connectivity index (χ0n) is 8.37. The summed E-state index contributed by atoms with van der Waals surface area (Å²) in [5, 5.41) is 0. The molecule has 2 nitrogen and oxygen atoms in total. The van der Waals surface area contributed by atoms with Crippen LogP contribution in [0.3, 0.4) is 0 Å². The Hall–Kier alpha value is -0.260. The van der Waals surface area contributed by atoms with E-state index in [1.54, 1.807) is 19.1 Å². The van der Waals surface area contributed by atoms with E-state index in [4.69, 9.17) is 5.73 Å². The van der Waals surface area contributed by atoms with Crippen molar-refractivity contribution in [3.63, 3.8) is 0 Å². The number of rotatable bonds is 4. The van der Waals surface area contributed by atoms with E-state index in [0.29, 0.717) is 15.8 Å². The lowest BCUT2D eigenvalue weighted by atomic mass is 10.2. The van der Waals surface area contributed by atoms with E-state index in [-0.39, 0.29) is 17.6 Å². The predicted octanol–water partition coefficient (Wildman–Crippen LogP) is 2.18. The molecule has 0 heterocycles. The van der Waals surface area contributed by atoms with Crippen molar-refractivity contribution in [3.05, 3.63) is 34.1 Å². The van der Waals surface area contributed by atoms with Gasteiger partial charge in [0.2, 0.25) is 0 Å². The lowest BCUT2D eigenvalue weighted by Gasteiger charge is -2.06. The van der Waals surface area contributed by atoms with Gasteiger partial charge in [0.05, 0.1) is 5.75 Å². The first-order valence-corrected chi connectivity index (χ1v) is 6.81. The molecule has 1 aromatic carbocycles. The maximum atomic E-state index is 13.4. The molecule has 0 spiro atoms. The molecule has 15 heavy (non-hydrogen) atoms. The van der Waals surface area contributed by atoms with E-state index >= 15 is 0 Å². The monoisotopic (exact) mass is 293 g/mol. The second kappa shape index (κ2) is 5.72. The Balaban J connectivity index is 2.68. The fourth-order valence-corrected chi connectivity index (χ4v) is 2.78. The number of halogens is 2. The standard InChI is InChI=1S/C10H13BrFNOS/c1-7(13)5-15(14)6-8-2-3-9(11)4-10(8)12/h2-4,7H,5-6,13H2,1H3. The first-order valence-electron chi connectivity index (χ1n) is 4.53. The van der Waals surface area contributed by atoms with Crippen molar-refractivity contribution >= 4 is 26.7 Å². The van der Waals surface area contributed by atoms with Crippen LogP contribution in [0.4, 0.5) is 4.39 Å². The average Bonchev–Trinajstić information content (AvgIpc) is 2.08. The van der Waals surface area contributed by atoms with Gasteiger partial charge in [0, 0.05) is 32.6 Å². The zero-order chi connectivity index (χ0) is 11.4. The molecule has 2 unspecified atom stereocenters. The number of hydrogen-bond acceptors (Lipinski definition) is 2. The Morgan fingerprint density at radius 2 is 2.27 bits per heavy atom. The average molecular weight is 294 g/mol. The minimum Gasteiger partial charge on any atom is -0.327 e. The fraction of sp³-hybridized carbons (Fsp3) is 0.400. The van der Waals surface area contributed by atoms with Gasteiger partial charge in [-0.3, -0.25) is 4.21 Å². The van der Waals surface area contributed by atoms with E-state index in [9.17, 15) is 8.60 Å². The highest BCUT2D eigenvalue weighted by Gasteiger charge is 2.08. The van der Waals surface area contributed by atoms with Crippen LogP contribution in [0, 0.1) is 5.82 Å². The molecule has 0 radical (unpaired) electrons. The Labute approximate surface area is 99.6 Å². The van der Waals surface area contributed by atoms with Crippen molar-refractivity contribution in [2.75, 3.05) is 5.75 Å². The van der Waals surface area contributed by atoms with Crippen molar-refractivity contribution in [3.8, 4) is 0 Å². The molecule has 2 atom stereocenters. The molecule has 0 fully saturated rings. The first kappa shape index (κ1) is 12.8. The Morgan fingerprint density at radius 3 is 2.80 bits per heavy atom. The highest BCUT2D eigenvalue weighted by Crippen LogP contribution is 2.16. The maximum absolute atomic E-state index is 13.4. The second-order valence-electron chi connectivity index (χ2n) is 3.46. The van der Waals surface area contributed by atoms with Gasteiger partial charge in [-0.05, 0) is 19.1 Å². The first-order chi connectivity index (χ1) is 6.99. The topological polar surface area (TPSA) is 43.1 Å². The quantitative estimate of drug-likeness (QED) is 0.925. The lowest BCUT2D eigenvalue weighted by Crippen LogP contribution is -2.23. The summed E-state index contributed by atoms with van der Waals surface area (Å²) in [7, 11) is -1.10. The summed E-state index contributed by atoms with van der Waals surface area (Å²) in [6, 6.07) is 4.63. The van der Waals surface area contributed by atoms with Gasteiger partial charge in [-0.25, -0.2) is 4.39 Å². The molecule has 1 aromatic rings. The zero-order valence-corrected chi connectivity index (χ0v) is 10.8. The minimum atomic E-state index is -1.10. The second-order valence-corrected chi connectivity index (χ2v) is 5.88. The van der Waals surface area contributed by atoms with Crippen molar-refractivity contribution in [2.45, 2.75) is 18.7 Å². The van der Waals surface area contributed by atoms with Crippen molar-refractivity contribution in [1.82, 2.24) is 0 Å². The molecule has 0 aliphatic rings. The van der Waals surface area contributed by atoms with Crippen LogP contribution in [0.15, 0.2) is 22.7 Å². The molecule has 0 aliphatic carbocycles. The molecule has 0 aromatic heterocycles. The van der Waals surface area contributed by atoms with Crippen LogP contribution < -0.4 is 5.73 Å². The minimum absolute atomic E-state index is 0.121.